The number of fused-ring (bicyclic) bond motifs is 1. The zero-order valence-electron chi connectivity index (χ0n) is 9.98. The summed E-state index contributed by atoms with van der Waals surface area (Å²) in [5.74, 6) is -0.115. The number of likely N-dealkylation sites (N-methyl/N-ethyl adjacent to an activating group) is 1. The summed E-state index contributed by atoms with van der Waals surface area (Å²) < 4.78 is 0. The minimum absolute atomic E-state index is 0.115. The number of benzene rings is 1. The molecule has 0 spiro atoms. The first-order chi connectivity index (χ1) is 8.69. The van der Waals surface area contributed by atoms with Gasteiger partial charge in [-0.15, -0.1) is 0 Å². The van der Waals surface area contributed by atoms with Crippen LogP contribution >= 0.6 is 11.6 Å². The van der Waals surface area contributed by atoms with Gasteiger partial charge < -0.3 is 5.32 Å². The van der Waals surface area contributed by atoms with Crippen LogP contribution in [0.2, 0.25) is 5.02 Å². The number of carbonyl (C=O) groups excluding carboxylic acids is 1. The topological polar surface area (TPSA) is 42.0 Å². The number of hydrogen-bond acceptors (Lipinski definition) is 2. The molecule has 1 aromatic carbocycles. The molecule has 0 saturated carbocycles. The number of pyridine rings is 1. The Morgan fingerprint density at radius 3 is 3.00 bits per heavy atom. The first kappa shape index (κ1) is 12.6. The first-order valence-electron chi connectivity index (χ1n) is 5.71. The Morgan fingerprint density at radius 2 is 2.22 bits per heavy atom. The summed E-state index contributed by atoms with van der Waals surface area (Å²) in [7, 11) is 0. The zero-order valence-corrected chi connectivity index (χ0v) is 10.7. The molecule has 0 aliphatic heterocycles. The van der Waals surface area contributed by atoms with Crippen LogP contribution in [-0.2, 0) is 4.79 Å². The lowest BCUT2D eigenvalue weighted by molar-refractivity contribution is -0.116. The van der Waals surface area contributed by atoms with Crippen molar-refractivity contribution in [3.63, 3.8) is 0 Å². The fraction of sp³-hybridized carbons (Fsp3) is 0.143. The smallest absolute Gasteiger partial charge is 0.244 e. The molecule has 2 aromatic rings. The van der Waals surface area contributed by atoms with E-state index in [1.165, 1.54) is 6.08 Å². The quantitative estimate of drug-likeness (QED) is 0.862. The van der Waals surface area contributed by atoms with Crippen LogP contribution in [0, 0.1) is 0 Å². The van der Waals surface area contributed by atoms with Crippen molar-refractivity contribution in [2.75, 3.05) is 6.54 Å². The van der Waals surface area contributed by atoms with E-state index in [2.05, 4.69) is 10.3 Å². The second-order valence-electron chi connectivity index (χ2n) is 3.80. The lowest BCUT2D eigenvalue weighted by Crippen LogP contribution is -2.19. The van der Waals surface area contributed by atoms with Crippen LogP contribution in [0.15, 0.2) is 36.4 Å². The van der Waals surface area contributed by atoms with Crippen LogP contribution in [-0.4, -0.2) is 17.4 Å². The Morgan fingerprint density at radius 1 is 1.39 bits per heavy atom. The third kappa shape index (κ3) is 3.08. The maximum absolute atomic E-state index is 11.3. The van der Waals surface area contributed by atoms with E-state index in [-0.39, 0.29) is 5.91 Å². The normalized spacial score (nSPS) is 11.0. The van der Waals surface area contributed by atoms with Gasteiger partial charge in [-0.25, -0.2) is 4.98 Å². The molecule has 0 aliphatic carbocycles. The maximum atomic E-state index is 11.3. The van der Waals surface area contributed by atoms with E-state index in [0.717, 1.165) is 16.6 Å². The van der Waals surface area contributed by atoms with Gasteiger partial charge in [-0.1, -0.05) is 17.7 Å². The summed E-state index contributed by atoms with van der Waals surface area (Å²) in [5, 5.41) is 4.36. The number of aromatic nitrogens is 1. The average molecular weight is 261 g/mol. The van der Waals surface area contributed by atoms with E-state index in [9.17, 15) is 4.79 Å². The Balaban J connectivity index is 2.25. The van der Waals surface area contributed by atoms with Gasteiger partial charge in [0, 0.05) is 23.0 Å². The average Bonchev–Trinajstić information content (AvgIpc) is 2.36. The standard InChI is InChI=1S/C14H13ClN2O/c1-2-16-14(18)8-6-12-5-3-10-9-11(15)4-7-13(10)17-12/h3-9H,2H2,1H3,(H,16,18)/b8-6+. The van der Waals surface area contributed by atoms with E-state index >= 15 is 0 Å². The van der Waals surface area contributed by atoms with Gasteiger partial charge in [-0.05, 0) is 37.3 Å². The second-order valence-corrected chi connectivity index (χ2v) is 4.24. The highest BCUT2D eigenvalue weighted by Crippen LogP contribution is 2.18. The predicted molar refractivity (Wildman–Crippen MR) is 74.5 cm³/mol. The molecule has 2 rings (SSSR count). The Kier molecular flexibility index (Phi) is 3.95. The van der Waals surface area contributed by atoms with Crippen molar-refractivity contribution in [2.45, 2.75) is 6.92 Å². The summed E-state index contributed by atoms with van der Waals surface area (Å²) >= 11 is 5.90. The van der Waals surface area contributed by atoms with Crippen molar-refractivity contribution in [3.05, 3.63) is 47.1 Å². The SMILES string of the molecule is CCNC(=O)/C=C/c1ccc2cc(Cl)ccc2n1. The molecule has 1 aromatic heterocycles. The summed E-state index contributed by atoms with van der Waals surface area (Å²) in [6.45, 7) is 2.50. The molecule has 0 atom stereocenters. The number of rotatable bonds is 3. The molecule has 1 amide bonds. The van der Waals surface area contributed by atoms with Crippen molar-refractivity contribution in [2.24, 2.45) is 0 Å². The van der Waals surface area contributed by atoms with Gasteiger partial charge in [0.15, 0.2) is 0 Å². The Labute approximate surface area is 110 Å². The monoisotopic (exact) mass is 260 g/mol. The van der Waals surface area contributed by atoms with Gasteiger partial charge in [0.05, 0.1) is 11.2 Å². The molecular formula is C14H13ClN2O. The summed E-state index contributed by atoms with van der Waals surface area (Å²) in [4.78, 5) is 15.7. The molecule has 18 heavy (non-hydrogen) atoms. The molecule has 0 saturated heterocycles. The fourth-order valence-corrected chi connectivity index (χ4v) is 1.78. The number of nitrogens with one attached hydrogen (secondary N) is 1. The predicted octanol–water partition coefficient (Wildman–Crippen LogP) is 3.04. The van der Waals surface area contributed by atoms with Gasteiger partial charge in [0.2, 0.25) is 5.91 Å². The van der Waals surface area contributed by atoms with Gasteiger partial charge >= 0.3 is 0 Å². The molecule has 0 aliphatic rings. The molecule has 3 nitrogen and oxygen atoms in total. The highest BCUT2D eigenvalue weighted by atomic mass is 35.5. The van der Waals surface area contributed by atoms with Crippen molar-refractivity contribution in [1.29, 1.82) is 0 Å². The van der Waals surface area contributed by atoms with E-state index < -0.39 is 0 Å². The highest BCUT2D eigenvalue weighted by molar-refractivity contribution is 6.31. The van der Waals surface area contributed by atoms with Crippen LogP contribution in [0.1, 0.15) is 12.6 Å². The van der Waals surface area contributed by atoms with Crippen LogP contribution in [0.4, 0.5) is 0 Å². The van der Waals surface area contributed by atoms with Crippen molar-refractivity contribution < 1.29 is 4.79 Å². The Hall–Kier alpha value is -1.87. The molecule has 1 heterocycles. The molecule has 1 N–H and O–H groups in total. The minimum atomic E-state index is -0.115. The second kappa shape index (κ2) is 5.65. The van der Waals surface area contributed by atoms with Gasteiger partial charge in [-0.3, -0.25) is 4.79 Å². The number of carbonyl (C=O) groups is 1. The van der Waals surface area contributed by atoms with Crippen LogP contribution < -0.4 is 5.32 Å². The Bertz CT molecular complexity index is 608. The fourth-order valence-electron chi connectivity index (χ4n) is 1.60. The van der Waals surface area contributed by atoms with E-state index in [1.54, 1.807) is 12.1 Å². The van der Waals surface area contributed by atoms with Gasteiger partial charge in [0.1, 0.15) is 0 Å². The minimum Gasteiger partial charge on any atom is -0.353 e. The maximum Gasteiger partial charge on any atom is 0.244 e. The third-order valence-corrected chi connectivity index (χ3v) is 2.66. The largest absolute Gasteiger partial charge is 0.353 e. The summed E-state index contributed by atoms with van der Waals surface area (Å²) in [6, 6.07) is 9.32. The molecule has 4 heteroatoms. The van der Waals surface area contributed by atoms with Crippen molar-refractivity contribution in [1.82, 2.24) is 10.3 Å². The van der Waals surface area contributed by atoms with Crippen molar-refractivity contribution >= 4 is 34.5 Å². The third-order valence-electron chi connectivity index (χ3n) is 2.43. The zero-order chi connectivity index (χ0) is 13.0. The van der Waals surface area contributed by atoms with Crippen LogP contribution in [0.5, 0.6) is 0 Å². The molecule has 0 unspecified atom stereocenters. The van der Waals surface area contributed by atoms with E-state index in [0.29, 0.717) is 11.6 Å². The van der Waals surface area contributed by atoms with Crippen LogP contribution in [0.3, 0.4) is 0 Å². The van der Waals surface area contributed by atoms with E-state index in [4.69, 9.17) is 11.6 Å². The molecule has 0 fully saturated rings. The molecule has 0 bridgehead atoms. The summed E-state index contributed by atoms with van der Waals surface area (Å²) in [5.41, 5.74) is 1.61. The number of hydrogen-bond donors (Lipinski definition) is 1. The molecule has 92 valence electrons. The van der Waals surface area contributed by atoms with Crippen molar-refractivity contribution in [3.8, 4) is 0 Å². The first-order valence-corrected chi connectivity index (χ1v) is 6.09. The highest BCUT2D eigenvalue weighted by Gasteiger charge is 1.98. The molecule has 0 radical (unpaired) electrons. The lowest BCUT2D eigenvalue weighted by Gasteiger charge is -2.00. The van der Waals surface area contributed by atoms with E-state index in [1.807, 2.05) is 31.2 Å². The number of amides is 1. The van der Waals surface area contributed by atoms with Gasteiger partial charge in [-0.2, -0.15) is 0 Å². The number of nitrogens with zero attached hydrogens (tertiary/aromatic N) is 1. The summed E-state index contributed by atoms with van der Waals surface area (Å²) in [6.07, 6.45) is 3.17. The lowest BCUT2D eigenvalue weighted by atomic mass is 10.2. The molecular weight excluding hydrogens is 248 g/mol. The van der Waals surface area contributed by atoms with Crippen LogP contribution in [0.25, 0.3) is 17.0 Å². The number of halogens is 1. The van der Waals surface area contributed by atoms with Gasteiger partial charge in [0.25, 0.3) is 0 Å².